The smallest absolute Gasteiger partial charge is 0.387 e. The molecule has 0 saturated heterocycles. The number of aliphatic hydroxyl groups excluding tert-OH is 1. The van der Waals surface area contributed by atoms with Crippen LogP contribution in [0, 0.1) is 0 Å². The Balaban J connectivity index is 4.40. The van der Waals surface area contributed by atoms with E-state index in [2.05, 4.69) is 19.2 Å². The summed E-state index contributed by atoms with van der Waals surface area (Å²) in [4.78, 5) is 23.1. The first-order valence-corrected chi connectivity index (χ1v) is 24.1. The normalized spacial score (nSPS) is 14.5. The van der Waals surface area contributed by atoms with E-state index in [1.54, 1.807) is 6.08 Å². The molecular weight excluding hydrogens is 683 g/mol. The molecule has 0 fully saturated rings. The van der Waals surface area contributed by atoms with E-state index in [1.165, 1.54) is 161 Å². The van der Waals surface area contributed by atoms with Crippen molar-refractivity contribution in [1.29, 1.82) is 0 Å². The summed E-state index contributed by atoms with van der Waals surface area (Å²) in [5.41, 5.74) is 0. The highest BCUT2D eigenvalue weighted by molar-refractivity contribution is 7.47. The first kappa shape index (κ1) is 52.2. The first-order valence-electron chi connectivity index (χ1n) is 22.6. The van der Waals surface area contributed by atoms with Crippen molar-refractivity contribution in [2.24, 2.45) is 0 Å². The van der Waals surface area contributed by atoms with Crippen LogP contribution in [0.25, 0.3) is 0 Å². The van der Waals surface area contributed by atoms with Gasteiger partial charge in [-0.2, -0.15) is 0 Å². The molecule has 0 rings (SSSR count). The number of nitrogens with zero attached hydrogens (tertiary/aromatic N) is 1. The number of phosphoric ester groups is 1. The van der Waals surface area contributed by atoms with Crippen LogP contribution in [0.1, 0.15) is 213 Å². The van der Waals surface area contributed by atoms with Crippen molar-refractivity contribution in [3.05, 3.63) is 12.2 Å². The molecule has 0 heterocycles. The lowest BCUT2D eigenvalue weighted by Gasteiger charge is -2.25. The number of unbranched alkanes of at least 4 members (excludes halogenated alkanes) is 28. The molecule has 3 unspecified atom stereocenters. The van der Waals surface area contributed by atoms with Crippen LogP contribution in [0.2, 0.25) is 0 Å². The third-order valence-electron chi connectivity index (χ3n) is 10.3. The van der Waals surface area contributed by atoms with E-state index < -0.39 is 20.0 Å². The van der Waals surface area contributed by atoms with Crippen molar-refractivity contribution in [3.8, 4) is 0 Å². The molecule has 0 aliphatic carbocycles. The second-order valence-electron chi connectivity index (χ2n) is 16.8. The minimum Gasteiger partial charge on any atom is -0.387 e. The van der Waals surface area contributed by atoms with Crippen LogP contribution in [0.3, 0.4) is 0 Å². The lowest BCUT2D eigenvalue weighted by Crippen LogP contribution is -2.45. The summed E-state index contributed by atoms with van der Waals surface area (Å²) >= 11 is 0. The van der Waals surface area contributed by atoms with Crippen LogP contribution in [-0.4, -0.2) is 73.4 Å². The van der Waals surface area contributed by atoms with E-state index in [0.29, 0.717) is 17.4 Å². The predicted octanol–water partition coefficient (Wildman–Crippen LogP) is 12.4. The van der Waals surface area contributed by atoms with Gasteiger partial charge in [-0.25, -0.2) is 4.57 Å². The summed E-state index contributed by atoms with van der Waals surface area (Å²) in [5, 5.41) is 13.8. The number of quaternary nitrogens is 1. The molecule has 0 aromatic heterocycles. The van der Waals surface area contributed by atoms with Crippen molar-refractivity contribution < 1.29 is 32.9 Å². The van der Waals surface area contributed by atoms with Crippen molar-refractivity contribution >= 4 is 13.7 Å². The molecule has 53 heavy (non-hydrogen) atoms. The monoisotopic (exact) mass is 774 g/mol. The molecule has 0 radical (unpaired) electrons. The Morgan fingerprint density at radius 1 is 0.623 bits per heavy atom. The molecule has 0 spiro atoms. The third kappa shape index (κ3) is 39.3. The molecule has 0 saturated carbocycles. The minimum absolute atomic E-state index is 0.0646. The molecule has 0 bridgehead atoms. The molecule has 9 heteroatoms. The van der Waals surface area contributed by atoms with Gasteiger partial charge in [0.25, 0.3) is 0 Å². The summed E-state index contributed by atoms with van der Waals surface area (Å²) in [6.07, 6.45) is 41.3. The van der Waals surface area contributed by atoms with Gasteiger partial charge in [0, 0.05) is 6.42 Å². The average Bonchev–Trinajstić information content (AvgIpc) is 3.10. The van der Waals surface area contributed by atoms with Gasteiger partial charge in [0.2, 0.25) is 5.91 Å². The Morgan fingerprint density at radius 2 is 1.00 bits per heavy atom. The van der Waals surface area contributed by atoms with Crippen LogP contribution >= 0.6 is 7.82 Å². The number of aliphatic hydroxyl groups is 1. The Morgan fingerprint density at radius 3 is 1.40 bits per heavy atom. The highest BCUT2D eigenvalue weighted by atomic mass is 31.2. The number of hydrogen-bond donors (Lipinski definition) is 3. The number of likely N-dealkylation sites (N-methyl/N-ethyl adjacent to an activating group) is 1. The van der Waals surface area contributed by atoms with Gasteiger partial charge < -0.3 is 19.8 Å². The maximum atomic E-state index is 12.8. The topological polar surface area (TPSA) is 105 Å². The molecule has 316 valence electrons. The molecule has 8 nitrogen and oxygen atoms in total. The number of amides is 1. The van der Waals surface area contributed by atoms with Gasteiger partial charge >= 0.3 is 7.82 Å². The summed E-state index contributed by atoms with van der Waals surface area (Å²) < 4.78 is 23.6. The third-order valence-corrected chi connectivity index (χ3v) is 11.2. The zero-order valence-electron chi connectivity index (χ0n) is 35.8. The van der Waals surface area contributed by atoms with Gasteiger partial charge in [0.15, 0.2) is 0 Å². The molecule has 0 aliphatic rings. The van der Waals surface area contributed by atoms with Crippen LogP contribution in [0.15, 0.2) is 12.2 Å². The predicted molar refractivity (Wildman–Crippen MR) is 226 cm³/mol. The lowest BCUT2D eigenvalue weighted by atomic mass is 10.0. The van der Waals surface area contributed by atoms with Gasteiger partial charge in [-0.15, -0.1) is 0 Å². The second kappa shape index (κ2) is 36.9. The number of carbonyl (C=O) groups excluding carboxylic acids is 1. The Labute approximate surface area is 329 Å². The number of nitrogens with one attached hydrogen (secondary N) is 1. The number of allylic oxidation sites excluding steroid dienone is 1. The number of rotatable bonds is 41. The van der Waals surface area contributed by atoms with Crippen LogP contribution < -0.4 is 5.32 Å². The van der Waals surface area contributed by atoms with Crippen LogP contribution in [0.5, 0.6) is 0 Å². The van der Waals surface area contributed by atoms with E-state index in [9.17, 15) is 19.4 Å². The SMILES string of the molecule is CCCCCCCCCCCCCCCCC/C=C/C(O)C(COP(=O)(O)OCC[N+](C)(C)C)NC(=O)CCCCCCCCCCCCCCCC. The van der Waals surface area contributed by atoms with Crippen LogP contribution in [0.4, 0.5) is 0 Å². The summed E-state index contributed by atoms with van der Waals surface area (Å²) in [5.74, 6) is -0.175. The molecule has 3 N–H and O–H groups in total. The maximum Gasteiger partial charge on any atom is 0.472 e. The summed E-state index contributed by atoms with van der Waals surface area (Å²) in [7, 11) is 1.58. The maximum absolute atomic E-state index is 12.8. The standard InChI is InChI=1S/C44H89N2O6P/c1-6-8-10-12-14-16-18-20-22-23-24-25-27-29-31-33-35-37-43(47)42(41-52-53(49,50)51-40-39-46(3,4)5)45-44(48)38-36-34-32-30-28-26-21-19-17-15-13-11-9-7-2/h35,37,42-43,47H,6-34,36,38-41H2,1-5H3,(H-,45,48,49,50)/p+1/b37-35+. The Kier molecular flexibility index (Phi) is 36.3. The Hall–Kier alpha value is -0.760. The fraction of sp³-hybridized carbons (Fsp3) is 0.932. The number of phosphoric acid groups is 1. The molecule has 3 atom stereocenters. The largest absolute Gasteiger partial charge is 0.472 e. The van der Waals surface area contributed by atoms with Crippen molar-refractivity contribution in [2.45, 2.75) is 225 Å². The zero-order chi connectivity index (χ0) is 39.3. The fourth-order valence-electron chi connectivity index (χ4n) is 6.63. The lowest BCUT2D eigenvalue weighted by molar-refractivity contribution is -0.870. The Bertz CT molecular complexity index is 880. The van der Waals surface area contributed by atoms with Crippen LogP contribution in [-0.2, 0) is 18.4 Å². The minimum atomic E-state index is -4.33. The average molecular weight is 774 g/mol. The van der Waals surface area contributed by atoms with Crippen molar-refractivity contribution in [3.63, 3.8) is 0 Å². The molecule has 0 aromatic carbocycles. The quantitative estimate of drug-likeness (QED) is 0.0247. The fourth-order valence-corrected chi connectivity index (χ4v) is 7.37. The van der Waals surface area contributed by atoms with E-state index in [0.717, 1.165) is 32.1 Å². The van der Waals surface area contributed by atoms with E-state index in [4.69, 9.17) is 9.05 Å². The highest BCUT2D eigenvalue weighted by Crippen LogP contribution is 2.43. The molecule has 1 amide bonds. The van der Waals surface area contributed by atoms with Gasteiger partial charge in [0.1, 0.15) is 13.2 Å². The van der Waals surface area contributed by atoms with E-state index in [1.807, 2.05) is 27.2 Å². The second-order valence-corrected chi connectivity index (χ2v) is 18.2. The zero-order valence-corrected chi connectivity index (χ0v) is 36.7. The first-order chi connectivity index (χ1) is 25.5. The molecular formula is C44H90N2O6P+. The summed E-state index contributed by atoms with van der Waals surface area (Å²) in [6, 6.07) is -0.839. The van der Waals surface area contributed by atoms with Gasteiger partial charge in [-0.3, -0.25) is 13.8 Å². The van der Waals surface area contributed by atoms with Crippen molar-refractivity contribution in [1.82, 2.24) is 5.32 Å². The highest BCUT2D eigenvalue weighted by Gasteiger charge is 2.27. The molecule has 0 aromatic rings. The number of hydrogen-bond acceptors (Lipinski definition) is 5. The summed E-state index contributed by atoms with van der Waals surface area (Å²) in [6.45, 7) is 4.83. The van der Waals surface area contributed by atoms with Gasteiger partial charge in [-0.05, 0) is 19.3 Å². The van der Waals surface area contributed by atoms with Gasteiger partial charge in [-0.1, -0.05) is 199 Å². The van der Waals surface area contributed by atoms with Crippen molar-refractivity contribution in [2.75, 3.05) is 40.9 Å². The number of carbonyl (C=O) groups is 1. The van der Waals surface area contributed by atoms with E-state index >= 15 is 0 Å². The van der Waals surface area contributed by atoms with E-state index in [-0.39, 0.29) is 19.1 Å². The van der Waals surface area contributed by atoms with Gasteiger partial charge in [0.05, 0.1) is 39.9 Å². The molecule has 0 aliphatic heterocycles.